The van der Waals surface area contributed by atoms with E-state index in [2.05, 4.69) is 27.5 Å². The highest BCUT2D eigenvalue weighted by atomic mass is 16.6. The smallest absolute Gasteiger partial charge is 0.408 e. The molecule has 3 N–H and O–H groups in total. The van der Waals surface area contributed by atoms with Crippen molar-refractivity contribution in [2.75, 3.05) is 5.32 Å². The maximum atomic E-state index is 12.7. The highest BCUT2D eigenvalue weighted by Gasteiger charge is 2.21. The molecule has 0 aliphatic rings. The van der Waals surface area contributed by atoms with E-state index in [0.29, 0.717) is 16.8 Å². The number of hydrogen-bond acceptors (Lipinski definition) is 5. The Morgan fingerprint density at radius 1 is 0.972 bits per heavy atom. The van der Waals surface area contributed by atoms with E-state index in [1.165, 1.54) is 19.1 Å². The Bertz CT molecular complexity index is 1330. The molecule has 184 valence electrons. The molecule has 2 aromatic carbocycles. The lowest BCUT2D eigenvalue weighted by atomic mass is 10.0. The highest BCUT2D eigenvalue weighted by molar-refractivity contribution is 5.96. The number of amides is 2. The van der Waals surface area contributed by atoms with Crippen LogP contribution in [0.1, 0.15) is 49.3 Å². The predicted octanol–water partition coefficient (Wildman–Crippen LogP) is 4.70. The van der Waals surface area contributed by atoms with Crippen molar-refractivity contribution in [3.05, 3.63) is 83.6 Å². The average Bonchev–Trinajstić information content (AvgIpc) is 2.82. The summed E-state index contributed by atoms with van der Waals surface area (Å²) in [6, 6.07) is 18.2. The number of aromatic carboxylic acids is 1. The number of rotatable bonds is 5. The van der Waals surface area contributed by atoms with Gasteiger partial charge in [-0.3, -0.25) is 4.79 Å². The van der Waals surface area contributed by atoms with Crippen molar-refractivity contribution in [2.24, 2.45) is 0 Å². The van der Waals surface area contributed by atoms with Crippen molar-refractivity contribution < 1.29 is 24.2 Å². The van der Waals surface area contributed by atoms with Crippen LogP contribution in [0.5, 0.6) is 0 Å². The Labute approximate surface area is 209 Å². The normalized spacial score (nSPS) is 11.4. The summed E-state index contributed by atoms with van der Waals surface area (Å²) in [4.78, 5) is 40.6. The number of alkyl carbamates (subject to hydrolysis) is 1. The number of anilines is 1. The molecule has 0 fully saturated rings. The van der Waals surface area contributed by atoms with Gasteiger partial charge in [0, 0.05) is 11.1 Å². The van der Waals surface area contributed by atoms with Crippen LogP contribution in [0.25, 0.3) is 11.1 Å². The van der Waals surface area contributed by atoms with Crippen LogP contribution in [0.4, 0.5) is 10.6 Å². The summed E-state index contributed by atoms with van der Waals surface area (Å²) in [6.07, 6.45) is -0.707. The minimum absolute atomic E-state index is 0.133. The van der Waals surface area contributed by atoms with Crippen LogP contribution in [-0.2, 0) is 9.53 Å². The molecule has 1 unspecified atom stereocenters. The molecule has 0 aliphatic heterocycles. The number of carbonyl (C=O) groups excluding carboxylic acids is 2. The molecule has 3 aromatic rings. The molecule has 3 rings (SSSR count). The Kier molecular flexibility index (Phi) is 8.07. The molecule has 0 radical (unpaired) electrons. The van der Waals surface area contributed by atoms with E-state index < -0.39 is 29.6 Å². The lowest BCUT2D eigenvalue weighted by Crippen LogP contribution is -2.44. The number of pyridine rings is 1. The SMILES string of the molecule is CC(NC(=O)OC(C)(C)C)C(=O)Nc1ccc(-c2cccc(C(=O)O)c2)c(C#Cc2ccccc2)n1. The van der Waals surface area contributed by atoms with Gasteiger partial charge in [-0.15, -0.1) is 0 Å². The first-order valence-electron chi connectivity index (χ1n) is 11.2. The van der Waals surface area contributed by atoms with Crippen LogP contribution in [-0.4, -0.2) is 39.7 Å². The molecule has 36 heavy (non-hydrogen) atoms. The van der Waals surface area contributed by atoms with E-state index >= 15 is 0 Å². The van der Waals surface area contributed by atoms with Gasteiger partial charge in [0.1, 0.15) is 23.2 Å². The van der Waals surface area contributed by atoms with Crippen molar-refractivity contribution in [1.82, 2.24) is 10.3 Å². The molecule has 1 aromatic heterocycles. The Morgan fingerprint density at radius 2 is 1.69 bits per heavy atom. The third-order valence-electron chi connectivity index (χ3n) is 4.79. The summed E-state index contributed by atoms with van der Waals surface area (Å²) < 4.78 is 5.19. The van der Waals surface area contributed by atoms with Crippen molar-refractivity contribution in [3.8, 4) is 23.0 Å². The standard InChI is InChI=1S/C28H27N3O5/c1-18(29-27(35)36-28(2,3)4)25(32)31-24-16-14-22(20-11-8-12-21(17-20)26(33)34)23(30-24)15-13-19-9-6-5-7-10-19/h5-12,14,16-18H,1-4H3,(H,29,35)(H,33,34)(H,30,31,32). The van der Waals surface area contributed by atoms with Gasteiger partial charge in [-0.05, 0) is 75.6 Å². The summed E-state index contributed by atoms with van der Waals surface area (Å²) in [7, 11) is 0. The van der Waals surface area contributed by atoms with E-state index in [1.54, 1.807) is 45.0 Å². The van der Waals surface area contributed by atoms with Crippen molar-refractivity contribution >= 4 is 23.8 Å². The second-order valence-electron chi connectivity index (χ2n) is 8.95. The van der Waals surface area contributed by atoms with Crippen LogP contribution in [0, 0.1) is 11.8 Å². The molecule has 0 saturated carbocycles. The second-order valence-corrected chi connectivity index (χ2v) is 8.95. The number of hydrogen-bond donors (Lipinski definition) is 3. The van der Waals surface area contributed by atoms with E-state index in [4.69, 9.17) is 4.74 Å². The number of carbonyl (C=O) groups is 3. The minimum atomic E-state index is -1.04. The van der Waals surface area contributed by atoms with Gasteiger partial charge in [-0.1, -0.05) is 36.3 Å². The second kappa shape index (κ2) is 11.2. The van der Waals surface area contributed by atoms with E-state index in [-0.39, 0.29) is 11.4 Å². The van der Waals surface area contributed by atoms with Crippen LogP contribution in [0.2, 0.25) is 0 Å². The molecule has 1 atom stereocenters. The number of ether oxygens (including phenoxy) is 1. The van der Waals surface area contributed by atoms with E-state index in [9.17, 15) is 19.5 Å². The number of nitrogens with zero attached hydrogens (tertiary/aromatic N) is 1. The first-order valence-corrected chi connectivity index (χ1v) is 11.2. The predicted molar refractivity (Wildman–Crippen MR) is 137 cm³/mol. The lowest BCUT2D eigenvalue weighted by Gasteiger charge is -2.21. The highest BCUT2D eigenvalue weighted by Crippen LogP contribution is 2.25. The number of nitrogens with one attached hydrogen (secondary N) is 2. The van der Waals surface area contributed by atoms with Crippen molar-refractivity contribution in [2.45, 2.75) is 39.3 Å². The molecule has 0 spiro atoms. The summed E-state index contributed by atoms with van der Waals surface area (Å²) >= 11 is 0. The first-order chi connectivity index (χ1) is 17.0. The van der Waals surface area contributed by atoms with Crippen LogP contribution in [0.3, 0.4) is 0 Å². The zero-order chi connectivity index (χ0) is 26.3. The Hall–Kier alpha value is -4.64. The Morgan fingerprint density at radius 3 is 2.36 bits per heavy atom. The molecule has 1 heterocycles. The fourth-order valence-electron chi connectivity index (χ4n) is 3.11. The van der Waals surface area contributed by atoms with E-state index in [1.807, 2.05) is 30.3 Å². The number of carboxylic acids is 1. The summed E-state index contributed by atoms with van der Waals surface area (Å²) in [5, 5.41) is 14.5. The molecule has 0 saturated heterocycles. The van der Waals surface area contributed by atoms with E-state index in [0.717, 1.165) is 5.56 Å². The van der Waals surface area contributed by atoms with Gasteiger partial charge < -0.3 is 20.5 Å². The third kappa shape index (κ3) is 7.43. The van der Waals surface area contributed by atoms with Gasteiger partial charge in [0.25, 0.3) is 0 Å². The molecule has 8 nitrogen and oxygen atoms in total. The van der Waals surface area contributed by atoms with Crippen LogP contribution in [0.15, 0.2) is 66.7 Å². The van der Waals surface area contributed by atoms with Gasteiger partial charge in [0.05, 0.1) is 5.56 Å². The van der Waals surface area contributed by atoms with Gasteiger partial charge in [-0.25, -0.2) is 14.6 Å². The quantitative estimate of drug-likeness (QED) is 0.451. The van der Waals surface area contributed by atoms with Crippen molar-refractivity contribution in [1.29, 1.82) is 0 Å². The number of carboxylic acid groups (broad SMARTS) is 1. The van der Waals surface area contributed by atoms with Gasteiger partial charge in [0.2, 0.25) is 5.91 Å². The molecule has 0 aliphatic carbocycles. The summed E-state index contributed by atoms with van der Waals surface area (Å²) in [6.45, 7) is 6.72. The number of benzene rings is 2. The van der Waals surface area contributed by atoms with Gasteiger partial charge >= 0.3 is 12.1 Å². The zero-order valence-corrected chi connectivity index (χ0v) is 20.5. The molecular weight excluding hydrogens is 458 g/mol. The Balaban J connectivity index is 1.90. The van der Waals surface area contributed by atoms with Gasteiger partial charge in [0.15, 0.2) is 0 Å². The van der Waals surface area contributed by atoms with Crippen LogP contribution < -0.4 is 10.6 Å². The van der Waals surface area contributed by atoms with Gasteiger partial charge in [-0.2, -0.15) is 0 Å². The zero-order valence-electron chi connectivity index (χ0n) is 20.5. The fraction of sp³-hybridized carbons (Fsp3) is 0.214. The molecular formula is C28H27N3O5. The van der Waals surface area contributed by atoms with Crippen molar-refractivity contribution in [3.63, 3.8) is 0 Å². The first kappa shape index (κ1) is 26.0. The lowest BCUT2D eigenvalue weighted by molar-refractivity contribution is -0.117. The fourth-order valence-corrected chi connectivity index (χ4v) is 3.11. The molecule has 2 amide bonds. The monoisotopic (exact) mass is 485 g/mol. The maximum Gasteiger partial charge on any atom is 0.408 e. The maximum absolute atomic E-state index is 12.7. The largest absolute Gasteiger partial charge is 0.478 e. The summed E-state index contributed by atoms with van der Waals surface area (Å²) in [5.74, 6) is 4.77. The molecule has 8 heteroatoms. The molecule has 0 bridgehead atoms. The topological polar surface area (TPSA) is 118 Å². The van der Waals surface area contributed by atoms with Crippen LogP contribution >= 0.6 is 0 Å². The summed E-state index contributed by atoms with van der Waals surface area (Å²) in [5.41, 5.74) is 1.80. The average molecular weight is 486 g/mol. The minimum Gasteiger partial charge on any atom is -0.478 e. The number of aromatic nitrogens is 1. The third-order valence-corrected chi connectivity index (χ3v) is 4.79.